The fourth-order valence-corrected chi connectivity index (χ4v) is 0. The zero-order chi connectivity index (χ0) is 4.00. The fourth-order valence-electron chi connectivity index (χ4n) is 0. The van der Waals surface area contributed by atoms with Gasteiger partial charge in [-0.15, -0.1) is 12.8 Å². The van der Waals surface area contributed by atoms with Gasteiger partial charge >= 0.3 is 0 Å². The molecule has 0 fully saturated rings. The molecule has 1 N–H and O–H groups in total. The molecule has 0 saturated heterocycles. The molecule has 0 amide bonds. The minimum Gasteiger partial charge on any atom is -0.295 e. The third-order valence-electron chi connectivity index (χ3n) is 0. The predicted molar refractivity (Wildman–Crippen MR) is 18.0 cm³/mol. The molecule has 0 bridgehead atoms. The van der Waals surface area contributed by atoms with E-state index in [1.54, 1.807) is 0 Å². The van der Waals surface area contributed by atoms with E-state index in [1.165, 1.54) is 0 Å². The van der Waals surface area contributed by atoms with E-state index >= 15 is 0 Å². The number of hydrogen-bond acceptors (Lipinski definition) is 1. The van der Waals surface area contributed by atoms with E-state index in [-0.39, 0.29) is 0 Å². The Morgan fingerprint density at radius 1 is 1.25 bits per heavy atom. The average molecular weight is 78.5 g/mol. The van der Waals surface area contributed by atoms with Crippen LogP contribution in [0, 0.1) is 12.8 Å². The van der Waals surface area contributed by atoms with E-state index in [4.69, 9.17) is 4.66 Å². The first-order valence-electron chi connectivity index (χ1n) is 0.502. The maximum atomic E-state index is 6.47. The molecule has 0 atom stereocenters. The van der Waals surface area contributed by atoms with E-state index in [0.29, 0.717) is 0 Å². The van der Waals surface area contributed by atoms with Crippen molar-refractivity contribution in [3.05, 3.63) is 0 Å². The Morgan fingerprint density at radius 2 is 1.25 bits per heavy atom. The summed E-state index contributed by atoms with van der Waals surface area (Å²) in [6.07, 6.45) is 8.00. The summed E-state index contributed by atoms with van der Waals surface area (Å²) < 4.78 is 6.47. The van der Waals surface area contributed by atoms with Gasteiger partial charge < -0.3 is 0 Å². The van der Waals surface area contributed by atoms with Crippen LogP contribution in [0.4, 0.5) is 0 Å². The zero-order valence-electron chi connectivity index (χ0n) is 1.98. The van der Waals surface area contributed by atoms with Crippen molar-refractivity contribution in [3.8, 4) is 12.8 Å². The van der Waals surface area contributed by atoms with Gasteiger partial charge in [0, 0.05) is 0 Å². The topological polar surface area (TPSA) is 20.2 Å². The van der Waals surface area contributed by atoms with Gasteiger partial charge in [-0.25, -0.2) is 0 Å². The highest BCUT2D eigenvalue weighted by atomic mass is 35.5. The predicted octanol–water partition coefficient (Wildman–Crippen LogP) is 0.382. The number of rotatable bonds is 0. The van der Waals surface area contributed by atoms with Gasteiger partial charge in [0.05, 0.1) is 11.9 Å². The smallest absolute Gasteiger partial charge is 0.0579 e. The van der Waals surface area contributed by atoms with Crippen LogP contribution < -0.4 is 0 Å². The molecule has 0 aliphatic heterocycles. The third kappa shape index (κ3) is 32.9. The van der Waals surface area contributed by atoms with Crippen molar-refractivity contribution in [3.63, 3.8) is 0 Å². The summed E-state index contributed by atoms with van der Waals surface area (Å²) in [6, 6.07) is 0. The SMILES string of the molecule is C#C.OCl. The summed E-state index contributed by atoms with van der Waals surface area (Å²) in [5.74, 6) is 0. The summed E-state index contributed by atoms with van der Waals surface area (Å²) in [5.41, 5.74) is 0. The minimum atomic E-state index is 3.64. The normalized spacial score (nSPS) is 2.00. The van der Waals surface area contributed by atoms with Gasteiger partial charge in [0.2, 0.25) is 0 Å². The van der Waals surface area contributed by atoms with Crippen LogP contribution in [-0.2, 0) is 0 Å². The quantitative estimate of drug-likeness (QED) is 0.416. The van der Waals surface area contributed by atoms with E-state index in [1.807, 2.05) is 0 Å². The van der Waals surface area contributed by atoms with E-state index in [2.05, 4.69) is 24.7 Å². The Morgan fingerprint density at radius 3 is 1.25 bits per heavy atom. The summed E-state index contributed by atoms with van der Waals surface area (Å²) in [4.78, 5) is 0. The van der Waals surface area contributed by atoms with Crippen LogP contribution in [-0.4, -0.2) is 4.66 Å². The van der Waals surface area contributed by atoms with Gasteiger partial charge in [0.25, 0.3) is 0 Å². The van der Waals surface area contributed by atoms with Gasteiger partial charge in [-0.05, 0) is 0 Å². The number of hydrogen-bond donors (Lipinski definition) is 1. The molecule has 0 aromatic carbocycles. The van der Waals surface area contributed by atoms with Crippen molar-refractivity contribution in [2.24, 2.45) is 0 Å². The van der Waals surface area contributed by atoms with Crippen molar-refractivity contribution >= 4 is 11.9 Å². The summed E-state index contributed by atoms with van der Waals surface area (Å²) in [6.45, 7) is 0. The highest BCUT2D eigenvalue weighted by Gasteiger charge is 0.897. The molecule has 0 aromatic heterocycles. The first kappa shape index (κ1) is 9.18. The largest absolute Gasteiger partial charge is 0.295 e. The standard InChI is InChI=1S/C2H2.ClHO/c2*1-2/h1-2H;2H. The Kier molecular flexibility index (Phi) is 585. The van der Waals surface area contributed by atoms with E-state index < -0.39 is 0 Å². The summed E-state index contributed by atoms with van der Waals surface area (Å²) in [5, 5.41) is 0. The summed E-state index contributed by atoms with van der Waals surface area (Å²) in [7, 11) is 0. The van der Waals surface area contributed by atoms with E-state index in [0.717, 1.165) is 0 Å². The van der Waals surface area contributed by atoms with Crippen molar-refractivity contribution in [1.29, 1.82) is 0 Å². The monoisotopic (exact) mass is 78.0 g/mol. The van der Waals surface area contributed by atoms with Crippen molar-refractivity contribution < 1.29 is 4.66 Å². The van der Waals surface area contributed by atoms with Crippen LogP contribution in [0.1, 0.15) is 0 Å². The van der Waals surface area contributed by atoms with Crippen LogP contribution in [0.2, 0.25) is 0 Å². The molecule has 0 unspecified atom stereocenters. The van der Waals surface area contributed by atoms with Crippen molar-refractivity contribution in [2.45, 2.75) is 0 Å². The lowest BCUT2D eigenvalue weighted by Crippen LogP contribution is -0.913. The Labute approximate surface area is 30.4 Å². The molecular formula is C2H3ClO. The van der Waals surface area contributed by atoms with Crippen LogP contribution in [0.5, 0.6) is 0 Å². The van der Waals surface area contributed by atoms with Crippen LogP contribution in [0.3, 0.4) is 0 Å². The van der Waals surface area contributed by atoms with Crippen molar-refractivity contribution in [1.82, 2.24) is 0 Å². The van der Waals surface area contributed by atoms with Crippen LogP contribution >= 0.6 is 11.9 Å². The Hall–Kier alpha value is -0.190. The molecule has 1 nitrogen and oxygen atoms in total. The maximum absolute atomic E-state index is 6.47. The minimum absolute atomic E-state index is 3.64. The van der Waals surface area contributed by atoms with Gasteiger partial charge in [0.1, 0.15) is 0 Å². The molecule has 0 aromatic rings. The van der Waals surface area contributed by atoms with Crippen LogP contribution in [0.15, 0.2) is 0 Å². The molecule has 0 saturated carbocycles. The fraction of sp³-hybridized carbons (Fsp3) is 0. The highest BCUT2D eigenvalue weighted by Crippen LogP contribution is 1.31. The highest BCUT2D eigenvalue weighted by molar-refractivity contribution is 6.04. The zero-order valence-corrected chi connectivity index (χ0v) is 2.74. The second-order valence-corrected chi connectivity index (χ2v) is 0. The third-order valence-corrected chi connectivity index (χ3v) is 0. The molecule has 2 heteroatoms. The molecule has 0 aliphatic rings. The first-order valence-corrected chi connectivity index (χ1v) is 0.840. The molecular weight excluding hydrogens is 75.5 g/mol. The van der Waals surface area contributed by atoms with Crippen molar-refractivity contribution in [2.75, 3.05) is 0 Å². The molecule has 0 radical (unpaired) electrons. The molecule has 0 rings (SSSR count). The lowest BCUT2D eigenvalue weighted by atomic mass is 11.4. The Bertz CT molecular complexity index is 10.8. The molecule has 24 valence electrons. The molecule has 0 spiro atoms. The molecule has 4 heavy (non-hydrogen) atoms. The van der Waals surface area contributed by atoms with Gasteiger partial charge in [-0.2, -0.15) is 0 Å². The van der Waals surface area contributed by atoms with E-state index in [9.17, 15) is 0 Å². The van der Waals surface area contributed by atoms with Crippen LogP contribution in [0.25, 0.3) is 0 Å². The number of halogens is 1. The second kappa shape index (κ2) is 255. The Balaban J connectivity index is 0. The molecule has 0 aliphatic carbocycles. The lowest BCUT2D eigenvalue weighted by Gasteiger charge is -1.13. The second-order valence-electron chi connectivity index (χ2n) is 0. The molecule has 0 heterocycles. The number of terminal acetylenes is 1. The average Bonchev–Trinajstić information content (AvgIpc) is 1.50. The van der Waals surface area contributed by atoms with Gasteiger partial charge in [-0.3, -0.25) is 4.66 Å². The lowest BCUT2D eigenvalue weighted by molar-refractivity contribution is 0.632. The first-order chi connectivity index (χ1) is 2.00. The van der Waals surface area contributed by atoms with Gasteiger partial charge in [-0.1, -0.05) is 0 Å². The van der Waals surface area contributed by atoms with Gasteiger partial charge in [0.15, 0.2) is 0 Å². The maximum Gasteiger partial charge on any atom is 0.0579 e. The summed E-state index contributed by atoms with van der Waals surface area (Å²) >= 11 is 3.64.